The van der Waals surface area contributed by atoms with Gasteiger partial charge in [-0.05, 0) is 29.7 Å². The molecule has 3 aromatic rings. The summed E-state index contributed by atoms with van der Waals surface area (Å²) < 4.78 is 4.78. The lowest BCUT2D eigenvalue weighted by molar-refractivity contribution is 0.0601. The number of methoxy groups -OCH3 is 1. The molecule has 0 spiro atoms. The van der Waals surface area contributed by atoms with Crippen LogP contribution >= 0.6 is 0 Å². The first-order valence-electron chi connectivity index (χ1n) is 9.16. The van der Waals surface area contributed by atoms with E-state index in [9.17, 15) is 9.59 Å². The fraction of sp³-hybridized carbons (Fsp3) is 0.182. The number of aromatic nitrogens is 2. The lowest BCUT2D eigenvalue weighted by atomic mass is 10.0. The molecule has 0 bridgehead atoms. The van der Waals surface area contributed by atoms with E-state index in [0.717, 1.165) is 11.3 Å². The fourth-order valence-electron chi connectivity index (χ4n) is 2.83. The van der Waals surface area contributed by atoms with E-state index in [4.69, 9.17) is 4.74 Å². The van der Waals surface area contributed by atoms with Gasteiger partial charge in [-0.15, -0.1) is 0 Å². The van der Waals surface area contributed by atoms with Gasteiger partial charge < -0.3 is 15.4 Å². The lowest BCUT2D eigenvalue weighted by Crippen LogP contribution is -2.15. The largest absolute Gasteiger partial charge is 0.465 e. The first kappa shape index (κ1) is 20.0. The SMILES string of the molecule is COC(=O)c1ccccc1Nc1cnc(C(=O)Nc2ccccc2C(C)C)cn1. The van der Waals surface area contributed by atoms with Crippen molar-refractivity contribution in [3.05, 3.63) is 77.7 Å². The smallest absolute Gasteiger partial charge is 0.339 e. The molecule has 1 aromatic heterocycles. The molecule has 0 fully saturated rings. The van der Waals surface area contributed by atoms with Gasteiger partial charge in [0, 0.05) is 5.69 Å². The van der Waals surface area contributed by atoms with Gasteiger partial charge in [0.2, 0.25) is 0 Å². The Bertz CT molecular complexity index is 1020. The van der Waals surface area contributed by atoms with Crippen LogP contribution in [-0.2, 0) is 4.74 Å². The molecule has 7 nitrogen and oxygen atoms in total. The third-order valence-corrected chi connectivity index (χ3v) is 4.31. The molecule has 3 rings (SSSR count). The third kappa shape index (κ3) is 4.76. The van der Waals surface area contributed by atoms with Gasteiger partial charge in [0.15, 0.2) is 0 Å². The Balaban J connectivity index is 1.74. The zero-order chi connectivity index (χ0) is 20.8. The van der Waals surface area contributed by atoms with Crippen molar-refractivity contribution in [3.63, 3.8) is 0 Å². The minimum Gasteiger partial charge on any atom is -0.465 e. The molecule has 7 heteroatoms. The summed E-state index contributed by atoms with van der Waals surface area (Å²) in [6, 6.07) is 14.6. The molecule has 0 aliphatic rings. The van der Waals surface area contributed by atoms with Crippen molar-refractivity contribution in [2.75, 3.05) is 17.7 Å². The van der Waals surface area contributed by atoms with Gasteiger partial charge in [-0.3, -0.25) is 4.79 Å². The highest BCUT2D eigenvalue weighted by atomic mass is 16.5. The number of anilines is 3. The Labute approximate surface area is 169 Å². The molecule has 148 valence electrons. The maximum atomic E-state index is 12.5. The van der Waals surface area contributed by atoms with Gasteiger partial charge in [0.05, 0.1) is 30.8 Å². The number of ether oxygens (including phenoxy) is 1. The lowest BCUT2D eigenvalue weighted by Gasteiger charge is -2.13. The van der Waals surface area contributed by atoms with E-state index in [-0.39, 0.29) is 17.5 Å². The van der Waals surface area contributed by atoms with Gasteiger partial charge in [-0.1, -0.05) is 44.2 Å². The second-order valence-corrected chi connectivity index (χ2v) is 6.65. The molecule has 0 aliphatic heterocycles. The molecule has 1 amide bonds. The van der Waals surface area contributed by atoms with Gasteiger partial charge in [0.1, 0.15) is 11.5 Å². The summed E-state index contributed by atoms with van der Waals surface area (Å²) in [5, 5.41) is 5.91. The molecular weight excluding hydrogens is 368 g/mol. The Morgan fingerprint density at radius 2 is 1.62 bits per heavy atom. The van der Waals surface area contributed by atoms with Gasteiger partial charge >= 0.3 is 5.97 Å². The molecule has 0 saturated heterocycles. The summed E-state index contributed by atoms with van der Waals surface area (Å²) in [6.45, 7) is 4.13. The Morgan fingerprint density at radius 3 is 2.28 bits per heavy atom. The Morgan fingerprint density at radius 1 is 0.931 bits per heavy atom. The van der Waals surface area contributed by atoms with Crippen LogP contribution in [0.1, 0.15) is 46.2 Å². The number of carbonyl (C=O) groups excluding carboxylic acids is 2. The molecule has 0 radical (unpaired) electrons. The van der Waals surface area contributed by atoms with Crippen molar-refractivity contribution in [2.45, 2.75) is 19.8 Å². The van der Waals surface area contributed by atoms with Gasteiger partial charge in [0.25, 0.3) is 5.91 Å². The van der Waals surface area contributed by atoms with Crippen LogP contribution in [0.4, 0.5) is 17.2 Å². The maximum absolute atomic E-state index is 12.5. The summed E-state index contributed by atoms with van der Waals surface area (Å²) in [4.78, 5) is 32.8. The molecule has 0 atom stereocenters. The van der Waals surface area contributed by atoms with Crippen molar-refractivity contribution in [1.29, 1.82) is 0 Å². The van der Waals surface area contributed by atoms with Crippen molar-refractivity contribution in [1.82, 2.24) is 9.97 Å². The molecule has 2 N–H and O–H groups in total. The van der Waals surface area contributed by atoms with Crippen LogP contribution in [-0.4, -0.2) is 29.0 Å². The normalized spacial score (nSPS) is 10.5. The van der Waals surface area contributed by atoms with Crippen molar-refractivity contribution >= 4 is 29.1 Å². The first-order chi connectivity index (χ1) is 14.0. The second-order valence-electron chi connectivity index (χ2n) is 6.65. The number of para-hydroxylation sites is 2. The monoisotopic (exact) mass is 390 g/mol. The van der Waals surface area contributed by atoms with E-state index in [2.05, 4.69) is 34.4 Å². The van der Waals surface area contributed by atoms with Crippen LogP contribution < -0.4 is 10.6 Å². The topological polar surface area (TPSA) is 93.2 Å². The zero-order valence-corrected chi connectivity index (χ0v) is 16.5. The molecule has 29 heavy (non-hydrogen) atoms. The predicted molar refractivity (Wildman–Crippen MR) is 112 cm³/mol. The van der Waals surface area contributed by atoms with Crippen LogP contribution in [0.15, 0.2) is 60.9 Å². The average molecular weight is 390 g/mol. The van der Waals surface area contributed by atoms with Crippen LogP contribution in [0.5, 0.6) is 0 Å². The minimum atomic E-state index is -0.458. The summed E-state index contributed by atoms with van der Waals surface area (Å²) in [5.74, 6) is -0.118. The highest BCUT2D eigenvalue weighted by Gasteiger charge is 2.14. The third-order valence-electron chi connectivity index (χ3n) is 4.31. The van der Waals surface area contributed by atoms with E-state index >= 15 is 0 Å². The minimum absolute atomic E-state index is 0.190. The van der Waals surface area contributed by atoms with Crippen LogP contribution in [0.3, 0.4) is 0 Å². The maximum Gasteiger partial charge on any atom is 0.339 e. The first-order valence-corrected chi connectivity index (χ1v) is 9.16. The van der Waals surface area contributed by atoms with Crippen molar-refractivity contribution in [3.8, 4) is 0 Å². The van der Waals surface area contributed by atoms with E-state index in [0.29, 0.717) is 17.1 Å². The number of nitrogens with zero attached hydrogens (tertiary/aromatic N) is 2. The second kappa shape index (κ2) is 8.97. The number of hydrogen-bond donors (Lipinski definition) is 2. The number of esters is 1. The number of nitrogens with one attached hydrogen (secondary N) is 2. The predicted octanol–water partition coefficient (Wildman–Crippen LogP) is 4.38. The Hall–Kier alpha value is -3.74. The van der Waals surface area contributed by atoms with Crippen molar-refractivity contribution in [2.24, 2.45) is 0 Å². The summed E-state index contributed by atoms with van der Waals surface area (Å²) in [7, 11) is 1.32. The molecule has 1 heterocycles. The molecule has 0 unspecified atom stereocenters. The summed E-state index contributed by atoms with van der Waals surface area (Å²) in [6.07, 6.45) is 2.83. The highest BCUT2D eigenvalue weighted by Crippen LogP contribution is 2.24. The fourth-order valence-corrected chi connectivity index (χ4v) is 2.83. The Kier molecular flexibility index (Phi) is 6.19. The van der Waals surface area contributed by atoms with Gasteiger partial charge in [-0.2, -0.15) is 0 Å². The van der Waals surface area contributed by atoms with Crippen LogP contribution in [0.25, 0.3) is 0 Å². The van der Waals surface area contributed by atoms with E-state index in [1.54, 1.807) is 24.3 Å². The number of rotatable bonds is 6. The average Bonchev–Trinajstić information content (AvgIpc) is 2.74. The van der Waals surface area contributed by atoms with Crippen molar-refractivity contribution < 1.29 is 14.3 Å². The number of amides is 1. The van der Waals surface area contributed by atoms with E-state index in [1.807, 2.05) is 24.3 Å². The number of benzene rings is 2. The standard InChI is InChI=1S/C22H22N4O3/c1-14(2)15-8-4-6-10-17(15)26-21(27)19-12-24-20(13-23-19)25-18-11-7-5-9-16(18)22(28)29-3/h4-14H,1-3H3,(H,24,25)(H,26,27). The van der Waals surface area contributed by atoms with E-state index < -0.39 is 5.97 Å². The summed E-state index contributed by atoms with van der Waals surface area (Å²) in [5.41, 5.74) is 2.91. The highest BCUT2D eigenvalue weighted by molar-refractivity contribution is 6.03. The quantitative estimate of drug-likeness (QED) is 0.607. The molecule has 0 saturated carbocycles. The molecular formula is C22H22N4O3. The number of hydrogen-bond acceptors (Lipinski definition) is 6. The molecule has 2 aromatic carbocycles. The van der Waals surface area contributed by atoms with Crippen LogP contribution in [0.2, 0.25) is 0 Å². The van der Waals surface area contributed by atoms with Gasteiger partial charge in [-0.25, -0.2) is 14.8 Å². The summed E-state index contributed by atoms with van der Waals surface area (Å²) >= 11 is 0. The number of carbonyl (C=O) groups is 2. The zero-order valence-electron chi connectivity index (χ0n) is 16.5. The van der Waals surface area contributed by atoms with E-state index in [1.165, 1.54) is 19.5 Å². The molecule has 0 aliphatic carbocycles. The van der Waals surface area contributed by atoms with Crippen LogP contribution in [0, 0.1) is 0 Å².